The van der Waals surface area contributed by atoms with E-state index in [9.17, 15) is 9.36 Å². The van der Waals surface area contributed by atoms with Crippen LogP contribution in [0.3, 0.4) is 0 Å². The maximum atomic E-state index is 11.3. The number of ether oxygens (including phenoxy) is 1. The van der Waals surface area contributed by atoms with Gasteiger partial charge in [-0.2, -0.15) is 0 Å². The van der Waals surface area contributed by atoms with Crippen molar-refractivity contribution in [1.29, 1.82) is 0 Å². The molecule has 0 aromatic heterocycles. The molecule has 0 saturated heterocycles. The monoisotopic (exact) mass is 255 g/mol. The predicted octanol–water partition coefficient (Wildman–Crippen LogP) is 2.79. The number of hydrogen-bond acceptors (Lipinski definition) is 4. The van der Waals surface area contributed by atoms with Crippen molar-refractivity contribution in [3.63, 3.8) is 0 Å². The highest BCUT2D eigenvalue weighted by Crippen LogP contribution is 2.22. The van der Waals surface area contributed by atoms with Crippen molar-refractivity contribution in [1.82, 2.24) is 0 Å². The van der Waals surface area contributed by atoms with E-state index in [1.807, 2.05) is 12.1 Å². The van der Waals surface area contributed by atoms with Crippen molar-refractivity contribution < 1.29 is 18.6 Å². The van der Waals surface area contributed by atoms with Crippen LogP contribution < -0.4 is 0 Å². The van der Waals surface area contributed by atoms with Crippen molar-refractivity contribution >= 4 is 14.0 Å². The highest BCUT2D eigenvalue weighted by atomic mass is 31.1. The Hall–Kier alpha value is -1.25. The number of benzene rings is 1. The van der Waals surface area contributed by atoms with Crippen LogP contribution in [0.25, 0.3) is 0 Å². The number of methoxy groups -OCH3 is 1. The number of aryl methyl sites for hydroxylation is 1. The fourth-order valence-electron chi connectivity index (χ4n) is 1.48. The smallest absolute Gasteiger partial charge is 0.465 e. The van der Waals surface area contributed by atoms with Crippen LogP contribution in [0.4, 0.5) is 0 Å². The molecule has 1 rings (SSSR count). The van der Waals surface area contributed by atoms with E-state index in [0.717, 1.165) is 18.4 Å². The average molecular weight is 255 g/mol. The number of esters is 1. The molecule has 0 radical (unpaired) electrons. The van der Waals surface area contributed by atoms with Gasteiger partial charge in [0.25, 0.3) is 0 Å². The lowest BCUT2D eigenvalue weighted by molar-refractivity contribution is 0.0600. The van der Waals surface area contributed by atoms with Crippen LogP contribution in [0.5, 0.6) is 0 Å². The molecule has 4 nitrogen and oxygen atoms in total. The molecule has 1 aromatic carbocycles. The van der Waals surface area contributed by atoms with E-state index in [1.165, 1.54) is 14.2 Å². The molecule has 5 heteroatoms. The molecule has 0 spiro atoms. The molecule has 0 amide bonds. The highest BCUT2D eigenvalue weighted by molar-refractivity contribution is 7.39. The summed E-state index contributed by atoms with van der Waals surface area (Å²) in [5.41, 5.74) is 1.58. The van der Waals surface area contributed by atoms with Gasteiger partial charge in [-0.05, 0) is 35.1 Å². The van der Waals surface area contributed by atoms with Crippen molar-refractivity contribution in [2.24, 2.45) is 0 Å². The third-order valence-electron chi connectivity index (χ3n) is 2.36. The summed E-state index contributed by atoms with van der Waals surface area (Å²) in [7, 11) is 1.26. The van der Waals surface area contributed by atoms with Gasteiger partial charge in [-0.1, -0.05) is 12.1 Å². The first-order chi connectivity index (χ1) is 8.17. The van der Waals surface area contributed by atoms with Gasteiger partial charge in [0.1, 0.15) is 0 Å². The van der Waals surface area contributed by atoms with Crippen LogP contribution in [0, 0.1) is 0 Å². The van der Waals surface area contributed by atoms with Gasteiger partial charge in [-0.3, -0.25) is 0 Å². The summed E-state index contributed by atoms with van der Waals surface area (Å²) in [4.78, 5) is 11.3. The van der Waals surface area contributed by atoms with Crippen molar-refractivity contribution in [3.05, 3.63) is 35.4 Å². The van der Waals surface area contributed by atoms with E-state index in [4.69, 9.17) is 4.52 Å². The lowest BCUT2D eigenvalue weighted by Crippen LogP contribution is -2.01. The topological polar surface area (TPSA) is 52.6 Å². The van der Waals surface area contributed by atoms with E-state index in [1.54, 1.807) is 12.1 Å². The molecule has 0 heterocycles. The van der Waals surface area contributed by atoms with Crippen molar-refractivity contribution in [3.8, 4) is 0 Å². The highest BCUT2D eigenvalue weighted by Gasteiger charge is 2.13. The molecule has 92 valence electrons. The maximum Gasteiger partial charge on any atom is 0.507 e. The van der Waals surface area contributed by atoms with Gasteiger partial charge in [0.2, 0.25) is 0 Å². The molecule has 0 aliphatic heterocycles. The minimum atomic E-state index is -1.54. The van der Waals surface area contributed by atoms with Gasteiger partial charge >= 0.3 is 14.0 Å². The summed E-state index contributed by atoms with van der Waals surface area (Å²) in [5.74, 6) is -0.338. The third-order valence-corrected chi connectivity index (χ3v) is 3.45. The Bertz CT molecular complexity index is 403. The Labute approximate surface area is 102 Å². The molecule has 17 heavy (non-hydrogen) atoms. The molecule has 0 saturated carbocycles. The van der Waals surface area contributed by atoms with Gasteiger partial charge in [0, 0.05) is 0 Å². The largest absolute Gasteiger partial charge is 0.507 e. The van der Waals surface area contributed by atoms with Gasteiger partial charge < -0.3 is 4.74 Å². The van der Waals surface area contributed by atoms with Crippen molar-refractivity contribution in [2.45, 2.75) is 12.8 Å². The zero-order valence-electron chi connectivity index (χ0n) is 10.0. The Morgan fingerprint density at radius 2 is 2.12 bits per heavy atom. The van der Waals surface area contributed by atoms with E-state index < -0.39 is 8.03 Å². The summed E-state index contributed by atoms with van der Waals surface area (Å²) in [6, 6.07) is 7.26. The van der Waals surface area contributed by atoms with Crippen LogP contribution in [-0.4, -0.2) is 26.4 Å². The maximum absolute atomic E-state index is 11.3. The molecule has 0 bridgehead atoms. The fraction of sp³-hybridized carbons (Fsp3) is 0.417. The van der Waals surface area contributed by atoms with Crippen LogP contribution in [0.1, 0.15) is 22.3 Å². The number of carbonyl (C=O) groups is 1. The lowest BCUT2D eigenvalue weighted by atomic mass is 10.1. The van der Waals surface area contributed by atoms with E-state index >= 15 is 0 Å². The first kappa shape index (κ1) is 13.8. The predicted molar refractivity (Wildman–Crippen MR) is 65.6 cm³/mol. The SMILES string of the molecule is COC(=O)c1cccc(CCC[P+](=O)OC)c1. The van der Waals surface area contributed by atoms with Crippen molar-refractivity contribution in [2.75, 3.05) is 20.4 Å². The second-order valence-corrected chi connectivity index (χ2v) is 5.01. The lowest BCUT2D eigenvalue weighted by Gasteiger charge is -2.02. The Morgan fingerprint density at radius 1 is 1.35 bits per heavy atom. The summed E-state index contributed by atoms with van der Waals surface area (Å²) in [6.45, 7) is 0. The first-order valence-electron chi connectivity index (χ1n) is 5.33. The zero-order valence-corrected chi connectivity index (χ0v) is 10.9. The molecule has 1 unspecified atom stereocenters. The molecule has 0 N–H and O–H groups in total. The first-order valence-corrected chi connectivity index (χ1v) is 6.69. The van der Waals surface area contributed by atoms with E-state index in [-0.39, 0.29) is 5.97 Å². The molecule has 1 aromatic rings. The summed E-state index contributed by atoms with van der Waals surface area (Å²) >= 11 is 0. The quantitative estimate of drug-likeness (QED) is 0.579. The Morgan fingerprint density at radius 3 is 2.76 bits per heavy atom. The molecule has 0 aliphatic carbocycles. The summed E-state index contributed by atoms with van der Waals surface area (Å²) < 4.78 is 20.4. The van der Waals surface area contributed by atoms with Gasteiger partial charge in [0.05, 0.1) is 19.8 Å². The number of hydrogen-bond donors (Lipinski definition) is 0. The summed E-state index contributed by atoms with van der Waals surface area (Å²) in [5, 5.41) is 0. The zero-order chi connectivity index (χ0) is 12.7. The van der Waals surface area contributed by atoms with E-state index in [2.05, 4.69) is 4.74 Å². The third kappa shape index (κ3) is 4.63. The van der Waals surface area contributed by atoms with Gasteiger partial charge in [-0.15, -0.1) is 4.52 Å². The minimum Gasteiger partial charge on any atom is -0.465 e. The fourth-order valence-corrected chi connectivity index (χ4v) is 2.07. The molecule has 0 fully saturated rings. The van der Waals surface area contributed by atoms with Crippen LogP contribution >= 0.6 is 8.03 Å². The van der Waals surface area contributed by atoms with Gasteiger partial charge in [-0.25, -0.2) is 4.79 Å². The van der Waals surface area contributed by atoms with Crippen LogP contribution in [0.2, 0.25) is 0 Å². The van der Waals surface area contributed by atoms with Crippen LogP contribution in [0.15, 0.2) is 24.3 Å². The molecular formula is C12H16O4P+. The molecule has 0 aliphatic rings. The average Bonchev–Trinajstić information content (AvgIpc) is 2.38. The standard InChI is InChI=1S/C12H16O4P/c1-15-12(13)11-7-3-5-10(9-11)6-4-8-17(14)16-2/h3,5,7,9H,4,6,8H2,1-2H3/q+1. The van der Waals surface area contributed by atoms with E-state index in [0.29, 0.717) is 11.7 Å². The number of rotatable bonds is 6. The normalized spacial score (nSPS) is 11.1. The Balaban J connectivity index is 2.54. The Kier molecular flexibility index (Phi) is 5.81. The minimum absolute atomic E-state index is 0.338. The second-order valence-electron chi connectivity index (χ2n) is 3.53. The second kappa shape index (κ2) is 7.15. The number of carbonyl (C=O) groups excluding carboxylic acids is 1. The van der Waals surface area contributed by atoms with Crippen LogP contribution in [-0.2, 0) is 20.2 Å². The molecular weight excluding hydrogens is 239 g/mol. The van der Waals surface area contributed by atoms with Gasteiger partial charge in [0.15, 0.2) is 6.16 Å². The molecule has 1 atom stereocenters. The summed E-state index contributed by atoms with van der Waals surface area (Å²) in [6.07, 6.45) is 2.08.